The van der Waals surface area contributed by atoms with Gasteiger partial charge in [-0.05, 0) is 207 Å². The number of carbonyl (C=O) groups is 6. The molecule has 2 aliphatic carbocycles. The summed E-state index contributed by atoms with van der Waals surface area (Å²) in [7, 11) is 0. The second-order valence-corrected chi connectivity index (χ2v) is 24.8. The average molecular weight is 1380 g/mol. The Bertz CT molecular complexity index is 3610. The predicted molar refractivity (Wildman–Crippen MR) is 365 cm³/mol. The summed E-state index contributed by atoms with van der Waals surface area (Å²) < 4.78 is 49.2. The lowest BCUT2D eigenvalue weighted by Crippen LogP contribution is -2.53. The molecule has 14 rings (SSSR count). The molecule has 21 nitrogen and oxygen atoms in total. The van der Waals surface area contributed by atoms with Gasteiger partial charge in [0.2, 0.25) is 29.7 Å². The van der Waals surface area contributed by atoms with E-state index in [-0.39, 0.29) is 42.8 Å². The topological polar surface area (TPSA) is 296 Å². The van der Waals surface area contributed by atoms with Crippen LogP contribution < -0.4 is 46.1 Å². The van der Waals surface area contributed by atoms with Gasteiger partial charge in [-0.1, -0.05) is 43.5 Å². The number of aliphatic hydroxyl groups excluding tert-OH is 1. The monoisotopic (exact) mass is 1380 g/mol. The fourth-order valence-electron chi connectivity index (χ4n) is 10.3. The smallest absolute Gasteiger partial charge is 0.490 e. The molecule has 9 N–H and O–H groups in total. The first-order chi connectivity index (χ1) is 46.1. The van der Waals surface area contributed by atoms with Crippen LogP contribution in [0.4, 0.5) is 52.1 Å². The van der Waals surface area contributed by atoms with Gasteiger partial charge in [-0.3, -0.25) is 19.2 Å². The largest absolute Gasteiger partial charge is 0.508 e. The molecule has 26 heteroatoms. The van der Waals surface area contributed by atoms with E-state index in [0.29, 0.717) is 85.5 Å². The Kier molecular flexibility index (Phi) is 29.0. The van der Waals surface area contributed by atoms with Crippen molar-refractivity contribution in [2.24, 2.45) is 28.7 Å². The number of aliphatic imine (C=N–C) groups is 1. The standard InChI is InChI=1S/C20H20ClN3O3.C14H17NO2.C13H16N2O2.C9H9NO2.C7H4ClNO.C5H10O.C2HF3O2.CH4/c21-15-2-4-16(5-3-15)22-20(26)24-10-13(11-24)12-27-17-6-7-18-14(9-17)1-8-19(25)23-18;16-14-7-4-11-8-12(5-6-13(11)15-14)17-9-10-2-1-3-10;16-13-4-1-10-5-11(2-3-12(10)15-13)17-8-9-6-14-7-9;11-7-2-3-8-6(5-7)1-4-9(12)10-8;8-6-1-3-7(4-2-6)9-5-10;6-4-5-2-1-3-5;3-2(4,5)1(6)7;/h2-7,9,13H,1,8,10-12H2,(H,22,26)(H,23,25);5-6,8,10H,1-4,7,9H2,(H,15,16);2-3,5,9,14H,1,4,6-8H2,(H,15,16);2-3,5,11H,1,4H2,(H,10,12);1-4H;5-6H,1-4H2;(H,6,7);1H4. The third-order valence-corrected chi connectivity index (χ3v) is 17.0. The Morgan fingerprint density at radius 1 is 0.557 bits per heavy atom. The molecule has 6 amide bonds. The molecule has 0 radical (unpaired) electrons. The van der Waals surface area contributed by atoms with E-state index in [1.807, 2.05) is 48.5 Å². The van der Waals surface area contributed by atoms with Crippen LogP contribution in [0.2, 0.25) is 10.0 Å². The molecule has 4 fully saturated rings. The van der Waals surface area contributed by atoms with Gasteiger partial charge >= 0.3 is 18.2 Å². The van der Waals surface area contributed by atoms with Gasteiger partial charge in [0.25, 0.3) is 0 Å². The molecule has 0 bridgehead atoms. The lowest BCUT2D eigenvalue weighted by molar-refractivity contribution is -0.192. The van der Waals surface area contributed by atoms with Gasteiger partial charge < -0.3 is 66.3 Å². The van der Waals surface area contributed by atoms with E-state index in [2.05, 4.69) is 43.0 Å². The number of carboxylic acid groups (broad SMARTS) is 1. The number of phenolic OH excluding ortho intramolecular Hbond substituents is 1. The highest BCUT2D eigenvalue weighted by molar-refractivity contribution is 6.31. The third kappa shape index (κ3) is 24.8. The quantitative estimate of drug-likeness (QED) is 0.0313. The van der Waals surface area contributed by atoms with Crippen LogP contribution in [0.25, 0.3) is 0 Å². The Hall–Kier alpha value is -9.19. The van der Waals surface area contributed by atoms with E-state index in [9.17, 15) is 41.9 Å². The number of carboxylic acids is 1. The second kappa shape index (κ2) is 37.4. The Morgan fingerprint density at radius 2 is 0.938 bits per heavy atom. The number of isocyanates is 1. The number of urea groups is 1. The van der Waals surface area contributed by atoms with Gasteiger partial charge in [-0.2, -0.15) is 18.2 Å². The first-order valence-electron chi connectivity index (χ1n) is 31.7. The highest BCUT2D eigenvalue weighted by Crippen LogP contribution is 2.33. The molecule has 518 valence electrons. The van der Waals surface area contributed by atoms with Crippen LogP contribution in [0, 0.1) is 23.7 Å². The summed E-state index contributed by atoms with van der Waals surface area (Å²) >= 11 is 11.4. The average Bonchev–Trinajstić information content (AvgIpc) is 0.857. The van der Waals surface area contributed by atoms with Gasteiger partial charge in [0.1, 0.15) is 23.0 Å². The van der Waals surface area contributed by atoms with Crippen molar-refractivity contribution < 1.29 is 76.3 Å². The number of anilines is 5. The number of rotatable bonds is 12. The highest BCUT2D eigenvalue weighted by atomic mass is 35.5. The molecule has 0 aromatic heterocycles. The summed E-state index contributed by atoms with van der Waals surface area (Å²) in [5.74, 6) is 2.85. The van der Waals surface area contributed by atoms with E-state index >= 15 is 0 Å². The van der Waals surface area contributed by atoms with Crippen LogP contribution in [0.15, 0.2) is 126 Å². The number of carbonyl (C=O) groups excluding carboxylic acids is 6. The lowest BCUT2D eigenvalue weighted by Gasteiger charge is -2.38. The minimum atomic E-state index is -5.08. The van der Waals surface area contributed by atoms with E-state index < -0.39 is 12.1 Å². The van der Waals surface area contributed by atoms with Gasteiger partial charge in [-0.25, -0.2) is 14.4 Å². The number of nitrogens with one attached hydrogen (secondary N) is 6. The first kappa shape index (κ1) is 75.2. The molecule has 6 aromatic rings. The Balaban J connectivity index is 0.000000168. The lowest BCUT2D eigenvalue weighted by atomic mass is 9.86. The minimum Gasteiger partial charge on any atom is -0.508 e. The van der Waals surface area contributed by atoms with Crippen LogP contribution >= 0.6 is 23.2 Å². The van der Waals surface area contributed by atoms with Crippen LogP contribution in [-0.2, 0) is 54.5 Å². The summed E-state index contributed by atoms with van der Waals surface area (Å²) in [6.45, 7) is 6.04. The number of phenols is 1. The number of hydrogen-bond acceptors (Lipinski definition) is 14. The molecular formula is C71H81Cl2F3N8O13. The van der Waals surface area contributed by atoms with Crippen molar-refractivity contribution in [3.05, 3.63) is 154 Å². The van der Waals surface area contributed by atoms with Crippen LogP contribution in [0.1, 0.15) is 93.9 Å². The molecule has 6 aromatic carbocycles. The van der Waals surface area contributed by atoms with Crippen LogP contribution in [0.3, 0.4) is 0 Å². The van der Waals surface area contributed by atoms with E-state index in [1.165, 1.54) is 55.7 Å². The van der Waals surface area contributed by atoms with E-state index in [4.69, 9.17) is 57.5 Å². The summed E-state index contributed by atoms with van der Waals surface area (Å²) in [4.78, 5) is 80.8. The number of aromatic hydroxyl groups is 1. The van der Waals surface area contributed by atoms with Crippen molar-refractivity contribution in [2.45, 2.75) is 103 Å². The predicted octanol–water partition coefficient (Wildman–Crippen LogP) is 13.3. The molecule has 0 spiro atoms. The zero-order chi connectivity index (χ0) is 68.6. The SMILES string of the molecule is C.O=C(O)C(F)(F)F.O=C1CCc2cc(O)ccc2N1.O=C1CCc2cc(OCC3CCC3)ccc2N1.O=C1CCc2cc(OCC3CN(C(=O)Nc4ccc(Cl)cc4)C3)ccc2N1.O=C1CCc2cc(OCC3CNC3)ccc2N1.O=C=Nc1ccc(Cl)cc1.OCC1CCC1. The maximum Gasteiger partial charge on any atom is 0.490 e. The summed E-state index contributed by atoms with van der Waals surface area (Å²) in [6.07, 6.45) is 9.44. The van der Waals surface area contributed by atoms with Crippen molar-refractivity contribution in [1.82, 2.24) is 10.2 Å². The fourth-order valence-corrected chi connectivity index (χ4v) is 10.6. The maximum atomic E-state index is 12.2. The zero-order valence-electron chi connectivity index (χ0n) is 52.6. The number of fused-ring (bicyclic) bond motifs is 4. The van der Waals surface area contributed by atoms with E-state index in [1.54, 1.807) is 71.6 Å². The second-order valence-electron chi connectivity index (χ2n) is 23.9. The van der Waals surface area contributed by atoms with Crippen molar-refractivity contribution in [2.75, 3.05) is 79.2 Å². The summed E-state index contributed by atoms with van der Waals surface area (Å²) in [6, 6.07) is 36.1. The van der Waals surface area contributed by atoms with Crippen molar-refractivity contribution >= 4 is 99.0 Å². The molecule has 97 heavy (non-hydrogen) atoms. The highest BCUT2D eigenvalue weighted by Gasteiger charge is 2.38. The van der Waals surface area contributed by atoms with Gasteiger partial charge in [0, 0.05) is 109 Å². The number of alkyl halides is 3. The molecule has 0 unspecified atom stereocenters. The molecular weight excluding hydrogens is 1300 g/mol. The first-order valence-corrected chi connectivity index (χ1v) is 32.5. The van der Waals surface area contributed by atoms with E-state index in [0.717, 1.165) is 115 Å². The third-order valence-electron chi connectivity index (χ3n) is 16.5. The van der Waals surface area contributed by atoms with Gasteiger partial charge in [0.15, 0.2) is 0 Å². The van der Waals surface area contributed by atoms with Crippen molar-refractivity contribution in [3.63, 3.8) is 0 Å². The minimum absolute atomic E-state index is 0. The normalized spacial score (nSPS) is 16.2. The summed E-state index contributed by atoms with van der Waals surface area (Å²) in [5, 5.41) is 43.3. The van der Waals surface area contributed by atoms with Gasteiger partial charge in [0.05, 0.1) is 25.5 Å². The number of halogens is 5. The Morgan fingerprint density at radius 3 is 1.29 bits per heavy atom. The maximum absolute atomic E-state index is 12.2. The fraction of sp³-hybridized carbons (Fsp3) is 0.394. The molecule has 8 aliphatic rings. The summed E-state index contributed by atoms with van der Waals surface area (Å²) in [5.41, 5.74) is 9.33. The molecule has 0 atom stereocenters. The van der Waals surface area contributed by atoms with Crippen LogP contribution in [0.5, 0.6) is 23.0 Å². The number of aliphatic carboxylic acids is 1. The van der Waals surface area contributed by atoms with Crippen molar-refractivity contribution in [3.8, 4) is 23.0 Å². The number of benzene rings is 6. The number of likely N-dealkylation sites (tertiary alicyclic amines) is 1. The number of nitrogens with zero attached hydrogens (tertiary/aromatic N) is 2. The number of amides is 6. The number of aryl methyl sites for hydroxylation is 4. The number of aliphatic hydroxyl groups is 1. The molecule has 6 heterocycles. The molecule has 2 saturated carbocycles. The van der Waals surface area contributed by atoms with Gasteiger partial charge in [-0.15, -0.1) is 0 Å². The number of ether oxygens (including phenoxy) is 3. The van der Waals surface area contributed by atoms with Crippen LogP contribution in [-0.4, -0.2) is 121 Å². The van der Waals surface area contributed by atoms with Crippen molar-refractivity contribution in [1.29, 1.82) is 0 Å². The zero-order valence-corrected chi connectivity index (χ0v) is 54.1. The molecule has 6 aliphatic heterocycles. The molecule has 2 saturated heterocycles. The Labute approximate surface area is 570 Å². The number of hydrogen-bond donors (Lipinski definition) is 9.